The minimum atomic E-state index is -0.804. The number of fused-ring (bicyclic) bond motifs is 1. The number of hydrogen-bond acceptors (Lipinski definition) is 5. The first kappa shape index (κ1) is 16.5. The molecule has 0 fully saturated rings. The Kier molecular flexibility index (Phi) is 5.18. The second-order valence-electron chi connectivity index (χ2n) is 5.50. The summed E-state index contributed by atoms with van der Waals surface area (Å²) in [5.41, 5.74) is 1.34. The van der Waals surface area contributed by atoms with Gasteiger partial charge in [-0.25, -0.2) is 4.79 Å². The standard InChI is InChI=1S/C15H20N2O4S/c1-8(2)12(18)16-14-11(13(19)17-15(20)21-3)9-6-4-5-7-10(9)22-14/h8H,4-7H2,1-3H3,(H,16,18)(H,17,19,20). The predicted octanol–water partition coefficient (Wildman–Crippen LogP) is 2.72. The van der Waals surface area contributed by atoms with Crippen LogP contribution in [0.5, 0.6) is 0 Å². The van der Waals surface area contributed by atoms with Gasteiger partial charge in [-0.1, -0.05) is 13.8 Å². The van der Waals surface area contributed by atoms with E-state index in [0.29, 0.717) is 10.6 Å². The number of rotatable bonds is 3. The third-order valence-electron chi connectivity index (χ3n) is 3.56. The second kappa shape index (κ2) is 6.91. The zero-order valence-electron chi connectivity index (χ0n) is 12.9. The van der Waals surface area contributed by atoms with Gasteiger partial charge in [0.1, 0.15) is 5.00 Å². The van der Waals surface area contributed by atoms with Crippen molar-refractivity contribution < 1.29 is 19.1 Å². The molecule has 1 aromatic rings. The second-order valence-corrected chi connectivity index (χ2v) is 6.61. The molecule has 1 heterocycles. The summed E-state index contributed by atoms with van der Waals surface area (Å²) >= 11 is 1.43. The van der Waals surface area contributed by atoms with Crippen molar-refractivity contribution in [3.63, 3.8) is 0 Å². The van der Waals surface area contributed by atoms with E-state index in [1.54, 1.807) is 13.8 Å². The summed E-state index contributed by atoms with van der Waals surface area (Å²) in [6.07, 6.45) is 2.95. The number of aryl methyl sites for hydroxylation is 1. The molecule has 6 nitrogen and oxygen atoms in total. The van der Waals surface area contributed by atoms with E-state index in [1.165, 1.54) is 18.4 Å². The zero-order valence-corrected chi connectivity index (χ0v) is 13.8. The average molecular weight is 324 g/mol. The van der Waals surface area contributed by atoms with Crippen LogP contribution >= 0.6 is 11.3 Å². The number of methoxy groups -OCH3 is 1. The zero-order chi connectivity index (χ0) is 16.3. The summed E-state index contributed by atoms with van der Waals surface area (Å²) in [5.74, 6) is -0.855. The van der Waals surface area contributed by atoms with Gasteiger partial charge in [0.05, 0.1) is 12.7 Å². The molecule has 0 aliphatic heterocycles. The fourth-order valence-corrected chi connectivity index (χ4v) is 3.65. The molecule has 0 radical (unpaired) electrons. The summed E-state index contributed by atoms with van der Waals surface area (Å²) in [4.78, 5) is 36.7. The van der Waals surface area contributed by atoms with Crippen molar-refractivity contribution in [1.82, 2.24) is 5.32 Å². The number of imide groups is 1. The van der Waals surface area contributed by atoms with Crippen LogP contribution in [0.4, 0.5) is 9.80 Å². The molecule has 2 rings (SSSR count). The SMILES string of the molecule is COC(=O)NC(=O)c1c(NC(=O)C(C)C)sc2c1CCCC2. The normalized spacial score (nSPS) is 13.5. The molecule has 22 heavy (non-hydrogen) atoms. The smallest absolute Gasteiger partial charge is 0.413 e. The van der Waals surface area contributed by atoms with E-state index in [4.69, 9.17) is 0 Å². The van der Waals surface area contributed by atoms with Crippen LogP contribution in [0.25, 0.3) is 0 Å². The maximum absolute atomic E-state index is 12.4. The highest BCUT2D eigenvalue weighted by Crippen LogP contribution is 2.38. The van der Waals surface area contributed by atoms with Crippen LogP contribution in [0, 0.1) is 5.92 Å². The Labute approximate surface area is 133 Å². The fourth-order valence-electron chi connectivity index (χ4n) is 2.36. The van der Waals surface area contributed by atoms with Crippen LogP contribution in [0.2, 0.25) is 0 Å². The molecule has 1 aromatic heterocycles. The van der Waals surface area contributed by atoms with Crippen molar-refractivity contribution in [2.75, 3.05) is 12.4 Å². The monoisotopic (exact) mass is 324 g/mol. The molecule has 0 aromatic carbocycles. The van der Waals surface area contributed by atoms with Gasteiger partial charge < -0.3 is 10.1 Å². The van der Waals surface area contributed by atoms with Gasteiger partial charge in [-0.05, 0) is 31.2 Å². The summed E-state index contributed by atoms with van der Waals surface area (Å²) in [7, 11) is 1.20. The van der Waals surface area contributed by atoms with Crippen molar-refractivity contribution >= 4 is 34.2 Å². The summed E-state index contributed by atoms with van der Waals surface area (Å²) < 4.78 is 4.47. The Morgan fingerprint density at radius 1 is 1.18 bits per heavy atom. The number of nitrogens with one attached hydrogen (secondary N) is 2. The van der Waals surface area contributed by atoms with Gasteiger partial charge >= 0.3 is 6.09 Å². The molecule has 0 saturated carbocycles. The molecular weight excluding hydrogens is 304 g/mol. The van der Waals surface area contributed by atoms with E-state index in [1.807, 2.05) is 0 Å². The maximum Gasteiger partial charge on any atom is 0.413 e. The van der Waals surface area contributed by atoms with Crippen LogP contribution in [0.15, 0.2) is 0 Å². The quantitative estimate of drug-likeness (QED) is 0.895. The molecule has 120 valence electrons. The Morgan fingerprint density at radius 2 is 1.86 bits per heavy atom. The summed E-state index contributed by atoms with van der Waals surface area (Å²) in [6, 6.07) is 0. The number of amides is 3. The van der Waals surface area contributed by atoms with Gasteiger partial charge in [0.15, 0.2) is 0 Å². The molecule has 1 aliphatic carbocycles. The molecule has 0 bridgehead atoms. The van der Waals surface area contributed by atoms with E-state index in [2.05, 4.69) is 15.4 Å². The molecular formula is C15H20N2O4S. The van der Waals surface area contributed by atoms with Crippen LogP contribution in [0.3, 0.4) is 0 Å². The number of carbonyl (C=O) groups is 3. The molecule has 0 atom stereocenters. The van der Waals surface area contributed by atoms with Crippen LogP contribution in [0.1, 0.15) is 47.5 Å². The average Bonchev–Trinajstić information content (AvgIpc) is 2.84. The number of ether oxygens (including phenoxy) is 1. The first-order valence-electron chi connectivity index (χ1n) is 7.28. The van der Waals surface area contributed by atoms with Gasteiger partial charge in [0, 0.05) is 10.8 Å². The molecule has 3 amide bonds. The number of alkyl carbamates (subject to hydrolysis) is 1. The van der Waals surface area contributed by atoms with Gasteiger partial charge in [-0.3, -0.25) is 14.9 Å². The minimum Gasteiger partial charge on any atom is -0.453 e. The van der Waals surface area contributed by atoms with Crippen LogP contribution < -0.4 is 10.6 Å². The number of hydrogen-bond donors (Lipinski definition) is 2. The van der Waals surface area contributed by atoms with Gasteiger partial charge in [0.2, 0.25) is 5.91 Å². The number of thiophene rings is 1. The minimum absolute atomic E-state index is 0.147. The Hall–Kier alpha value is -1.89. The largest absolute Gasteiger partial charge is 0.453 e. The van der Waals surface area contributed by atoms with Crippen molar-refractivity contribution in [3.05, 3.63) is 16.0 Å². The van der Waals surface area contributed by atoms with Crippen molar-refractivity contribution in [2.45, 2.75) is 39.5 Å². The summed E-state index contributed by atoms with van der Waals surface area (Å²) in [5, 5.41) is 5.51. The topological polar surface area (TPSA) is 84.5 Å². The van der Waals surface area contributed by atoms with E-state index >= 15 is 0 Å². The fraction of sp³-hybridized carbons (Fsp3) is 0.533. The number of carbonyl (C=O) groups excluding carboxylic acids is 3. The molecule has 1 aliphatic rings. The summed E-state index contributed by atoms with van der Waals surface area (Å²) in [6.45, 7) is 3.58. The van der Waals surface area contributed by atoms with Gasteiger partial charge in [-0.15, -0.1) is 11.3 Å². The lowest BCUT2D eigenvalue weighted by molar-refractivity contribution is -0.118. The Morgan fingerprint density at radius 3 is 2.50 bits per heavy atom. The maximum atomic E-state index is 12.4. The highest BCUT2D eigenvalue weighted by atomic mass is 32.1. The third kappa shape index (κ3) is 3.47. The van der Waals surface area contributed by atoms with Gasteiger partial charge in [0.25, 0.3) is 5.91 Å². The number of anilines is 1. The van der Waals surface area contributed by atoms with Crippen LogP contribution in [-0.2, 0) is 22.4 Å². The van der Waals surface area contributed by atoms with E-state index in [9.17, 15) is 14.4 Å². The highest BCUT2D eigenvalue weighted by Gasteiger charge is 2.27. The molecule has 2 N–H and O–H groups in total. The van der Waals surface area contributed by atoms with E-state index < -0.39 is 12.0 Å². The first-order valence-corrected chi connectivity index (χ1v) is 8.10. The van der Waals surface area contributed by atoms with Gasteiger partial charge in [-0.2, -0.15) is 0 Å². The molecule has 0 saturated heterocycles. The first-order chi connectivity index (χ1) is 10.4. The van der Waals surface area contributed by atoms with E-state index in [-0.39, 0.29) is 11.8 Å². The van der Waals surface area contributed by atoms with Crippen molar-refractivity contribution in [1.29, 1.82) is 0 Å². The highest BCUT2D eigenvalue weighted by molar-refractivity contribution is 7.17. The predicted molar refractivity (Wildman–Crippen MR) is 84.3 cm³/mol. The Balaban J connectivity index is 2.35. The lowest BCUT2D eigenvalue weighted by Crippen LogP contribution is -2.31. The molecule has 0 unspecified atom stereocenters. The molecule has 7 heteroatoms. The molecule has 0 spiro atoms. The van der Waals surface area contributed by atoms with Crippen molar-refractivity contribution in [3.8, 4) is 0 Å². The van der Waals surface area contributed by atoms with Crippen LogP contribution in [-0.4, -0.2) is 25.0 Å². The lowest BCUT2D eigenvalue weighted by atomic mass is 9.95. The lowest BCUT2D eigenvalue weighted by Gasteiger charge is -2.13. The third-order valence-corrected chi connectivity index (χ3v) is 4.77. The Bertz CT molecular complexity index is 607. The van der Waals surface area contributed by atoms with Crippen molar-refractivity contribution in [2.24, 2.45) is 5.92 Å². The van der Waals surface area contributed by atoms with E-state index in [0.717, 1.165) is 36.1 Å².